The fraction of sp³-hybridized carbons (Fsp3) is 0.500. The average Bonchev–Trinajstić information content (AvgIpc) is 2.98. The van der Waals surface area contributed by atoms with E-state index in [1.165, 1.54) is 16.6 Å². The lowest BCUT2D eigenvalue weighted by Gasteiger charge is -2.11. The fourth-order valence-corrected chi connectivity index (χ4v) is 3.00. The van der Waals surface area contributed by atoms with Crippen LogP contribution in [-0.4, -0.2) is 36.3 Å². The second-order valence-corrected chi connectivity index (χ2v) is 6.58. The number of nitrogens with one attached hydrogen (secondary N) is 2. The summed E-state index contributed by atoms with van der Waals surface area (Å²) in [6.45, 7) is 3.30. The van der Waals surface area contributed by atoms with Gasteiger partial charge in [-0.2, -0.15) is 0 Å². The second kappa shape index (κ2) is 10.2. The number of amides is 3. The first-order valence-corrected chi connectivity index (χ1v) is 8.90. The Morgan fingerprint density at radius 3 is 2.82 bits per heavy atom. The fourth-order valence-electron chi connectivity index (χ4n) is 1.34. The standard InChI is InChI=1S/C14H20N2O4S2/c1-3-10(2)15-14(19)16-12(17)7-20-13(18)9-21-8-11-5-4-6-22-11/h4-6,10H,3,7-9H2,1-2H3,(H2,15,16,17,19)/t10-/m1/s1. The third kappa shape index (κ3) is 8.04. The molecule has 0 spiro atoms. The molecule has 122 valence electrons. The quantitative estimate of drug-likeness (QED) is 0.706. The monoisotopic (exact) mass is 344 g/mol. The summed E-state index contributed by atoms with van der Waals surface area (Å²) in [5, 5.41) is 6.67. The van der Waals surface area contributed by atoms with Crippen LogP contribution in [0, 0.1) is 0 Å². The average molecular weight is 344 g/mol. The van der Waals surface area contributed by atoms with Crippen LogP contribution in [0.15, 0.2) is 17.5 Å². The van der Waals surface area contributed by atoms with Crippen molar-refractivity contribution in [1.29, 1.82) is 0 Å². The summed E-state index contributed by atoms with van der Waals surface area (Å²) in [5.41, 5.74) is 0. The molecule has 0 aromatic carbocycles. The molecule has 0 unspecified atom stereocenters. The van der Waals surface area contributed by atoms with E-state index in [0.717, 1.165) is 12.2 Å². The van der Waals surface area contributed by atoms with E-state index in [-0.39, 0.29) is 11.8 Å². The Morgan fingerprint density at radius 1 is 1.41 bits per heavy atom. The number of carbonyl (C=O) groups is 3. The number of hydrogen-bond acceptors (Lipinski definition) is 6. The van der Waals surface area contributed by atoms with E-state index in [0.29, 0.717) is 0 Å². The van der Waals surface area contributed by atoms with Gasteiger partial charge in [-0.3, -0.25) is 14.9 Å². The molecule has 0 saturated heterocycles. The van der Waals surface area contributed by atoms with E-state index in [2.05, 4.69) is 10.6 Å². The Labute approximate surface area is 138 Å². The summed E-state index contributed by atoms with van der Waals surface area (Å²) in [6.07, 6.45) is 0.762. The van der Waals surface area contributed by atoms with Crippen molar-refractivity contribution < 1.29 is 19.1 Å². The molecule has 8 heteroatoms. The van der Waals surface area contributed by atoms with E-state index < -0.39 is 24.5 Å². The van der Waals surface area contributed by atoms with Gasteiger partial charge >= 0.3 is 12.0 Å². The lowest BCUT2D eigenvalue weighted by Crippen LogP contribution is -2.44. The predicted molar refractivity (Wildman–Crippen MR) is 87.9 cm³/mol. The predicted octanol–water partition coefficient (Wildman–Crippen LogP) is 2.15. The number of esters is 1. The van der Waals surface area contributed by atoms with Gasteiger partial charge in [0, 0.05) is 16.7 Å². The van der Waals surface area contributed by atoms with Crippen LogP contribution in [0.3, 0.4) is 0 Å². The second-order valence-electron chi connectivity index (χ2n) is 4.56. The molecule has 1 heterocycles. The van der Waals surface area contributed by atoms with Crippen LogP contribution in [0.25, 0.3) is 0 Å². The summed E-state index contributed by atoms with van der Waals surface area (Å²) >= 11 is 3.05. The summed E-state index contributed by atoms with van der Waals surface area (Å²) in [6, 6.07) is 3.34. The Balaban J connectivity index is 2.12. The first-order chi connectivity index (χ1) is 10.5. The van der Waals surface area contributed by atoms with Crippen molar-refractivity contribution in [3.05, 3.63) is 22.4 Å². The molecule has 2 N–H and O–H groups in total. The molecule has 0 aliphatic rings. The van der Waals surface area contributed by atoms with E-state index in [9.17, 15) is 14.4 Å². The molecule has 0 radical (unpaired) electrons. The SMILES string of the molecule is CC[C@@H](C)NC(=O)NC(=O)COC(=O)CSCc1cccs1. The summed E-state index contributed by atoms with van der Waals surface area (Å²) in [7, 11) is 0. The number of thiophene rings is 1. The van der Waals surface area contributed by atoms with Gasteiger partial charge in [0.15, 0.2) is 6.61 Å². The van der Waals surface area contributed by atoms with Crippen molar-refractivity contribution in [2.45, 2.75) is 32.1 Å². The van der Waals surface area contributed by atoms with Crippen LogP contribution in [-0.2, 0) is 20.1 Å². The zero-order chi connectivity index (χ0) is 16.4. The van der Waals surface area contributed by atoms with Gasteiger partial charge in [0.1, 0.15) is 0 Å². The molecule has 0 aliphatic carbocycles. The first-order valence-electron chi connectivity index (χ1n) is 6.87. The highest BCUT2D eigenvalue weighted by Gasteiger charge is 2.12. The van der Waals surface area contributed by atoms with Gasteiger partial charge in [0.05, 0.1) is 5.75 Å². The van der Waals surface area contributed by atoms with Crippen molar-refractivity contribution >= 4 is 41.0 Å². The number of urea groups is 1. The third-order valence-corrected chi connectivity index (χ3v) is 4.67. The highest BCUT2D eigenvalue weighted by atomic mass is 32.2. The van der Waals surface area contributed by atoms with Crippen molar-refractivity contribution in [3.63, 3.8) is 0 Å². The maximum absolute atomic E-state index is 11.5. The highest BCUT2D eigenvalue weighted by Crippen LogP contribution is 2.16. The molecule has 1 rings (SSSR count). The first kappa shape index (κ1) is 18.5. The van der Waals surface area contributed by atoms with Crippen molar-refractivity contribution in [3.8, 4) is 0 Å². The number of imide groups is 1. The number of rotatable bonds is 8. The molecule has 3 amide bonds. The van der Waals surface area contributed by atoms with Crippen LogP contribution in [0.2, 0.25) is 0 Å². The van der Waals surface area contributed by atoms with Crippen molar-refractivity contribution in [2.24, 2.45) is 0 Å². The maximum Gasteiger partial charge on any atom is 0.321 e. The van der Waals surface area contributed by atoms with Crippen LogP contribution >= 0.6 is 23.1 Å². The van der Waals surface area contributed by atoms with E-state index in [1.54, 1.807) is 11.3 Å². The Kier molecular flexibility index (Phi) is 8.61. The van der Waals surface area contributed by atoms with Crippen LogP contribution in [0.5, 0.6) is 0 Å². The van der Waals surface area contributed by atoms with Gasteiger partial charge < -0.3 is 10.1 Å². The summed E-state index contributed by atoms with van der Waals surface area (Å²) in [4.78, 5) is 35.5. The molecule has 0 bridgehead atoms. The molecule has 22 heavy (non-hydrogen) atoms. The highest BCUT2D eigenvalue weighted by molar-refractivity contribution is 7.99. The molecule has 6 nitrogen and oxygen atoms in total. The third-order valence-electron chi connectivity index (χ3n) is 2.65. The number of ether oxygens (including phenoxy) is 1. The Morgan fingerprint density at radius 2 is 2.18 bits per heavy atom. The minimum absolute atomic E-state index is 0.0241. The molecule has 0 saturated carbocycles. The lowest BCUT2D eigenvalue weighted by atomic mass is 10.3. The van der Waals surface area contributed by atoms with E-state index >= 15 is 0 Å². The molecule has 1 atom stereocenters. The van der Waals surface area contributed by atoms with Crippen LogP contribution < -0.4 is 10.6 Å². The zero-order valence-corrected chi connectivity index (χ0v) is 14.2. The molecule has 0 aliphatic heterocycles. The normalized spacial score (nSPS) is 11.5. The number of hydrogen-bond donors (Lipinski definition) is 2. The lowest BCUT2D eigenvalue weighted by molar-refractivity contribution is -0.145. The van der Waals surface area contributed by atoms with Gasteiger partial charge in [-0.25, -0.2) is 4.79 Å². The minimum Gasteiger partial charge on any atom is -0.455 e. The van der Waals surface area contributed by atoms with Gasteiger partial charge in [0.2, 0.25) is 0 Å². The Hall–Kier alpha value is -1.54. The Bertz CT molecular complexity index is 491. The van der Waals surface area contributed by atoms with Gasteiger partial charge in [-0.1, -0.05) is 13.0 Å². The molecule has 1 aromatic heterocycles. The summed E-state index contributed by atoms with van der Waals surface area (Å²) in [5.74, 6) is -0.211. The van der Waals surface area contributed by atoms with Crippen LogP contribution in [0.4, 0.5) is 4.79 Å². The maximum atomic E-state index is 11.5. The van der Waals surface area contributed by atoms with Gasteiger partial charge in [0.25, 0.3) is 5.91 Å². The number of thioether (sulfide) groups is 1. The largest absolute Gasteiger partial charge is 0.455 e. The topological polar surface area (TPSA) is 84.5 Å². The van der Waals surface area contributed by atoms with Gasteiger partial charge in [-0.05, 0) is 24.8 Å². The van der Waals surface area contributed by atoms with Crippen LogP contribution in [0.1, 0.15) is 25.1 Å². The number of carbonyl (C=O) groups excluding carboxylic acids is 3. The van der Waals surface area contributed by atoms with E-state index in [4.69, 9.17) is 4.74 Å². The van der Waals surface area contributed by atoms with Crippen molar-refractivity contribution in [1.82, 2.24) is 10.6 Å². The zero-order valence-electron chi connectivity index (χ0n) is 12.6. The van der Waals surface area contributed by atoms with Gasteiger partial charge in [-0.15, -0.1) is 23.1 Å². The minimum atomic E-state index is -0.641. The molecular weight excluding hydrogens is 324 g/mol. The van der Waals surface area contributed by atoms with E-state index in [1.807, 2.05) is 31.4 Å². The smallest absolute Gasteiger partial charge is 0.321 e. The van der Waals surface area contributed by atoms with Crippen molar-refractivity contribution in [2.75, 3.05) is 12.4 Å². The summed E-state index contributed by atoms with van der Waals surface area (Å²) < 4.78 is 4.81. The molecule has 0 fully saturated rings. The molecule has 1 aromatic rings. The molecular formula is C14H20N2O4S2.